The fourth-order valence-corrected chi connectivity index (χ4v) is 1.73. The van der Waals surface area contributed by atoms with Gasteiger partial charge in [-0.2, -0.15) is 0 Å². The number of rotatable bonds is 2. The third-order valence-corrected chi connectivity index (χ3v) is 2.89. The minimum Gasteiger partial charge on any atom is -0.506 e. The summed E-state index contributed by atoms with van der Waals surface area (Å²) in [6, 6.07) is 0. The third-order valence-electron chi connectivity index (χ3n) is 2.02. The highest BCUT2D eigenvalue weighted by atomic mass is 32.2. The number of hydrogen-bond acceptors (Lipinski definition) is 4. The second-order valence-electron chi connectivity index (χ2n) is 3.12. The molecule has 0 fully saturated rings. The Bertz CT molecular complexity index is 363. The van der Waals surface area contributed by atoms with Gasteiger partial charge in [0.2, 0.25) is 0 Å². The molecule has 0 aliphatic rings. The summed E-state index contributed by atoms with van der Waals surface area (Å²) in [5, 5.41) is 9.67. The quantitative estimate of drug-likeness (QED) is 0.814. The zero-order valence-corrected chi connectivity index (χ0v) is 9.31. The summed E-state index contributed by atoms with van der Waals surface area (Å²) in [6.45, 7) is 5.12. The molecule has 0 saturated heterocycles. The third kappa shape index (κ3) is 2.48. The standard InChI is InChI=1S/C10H13NO2S/c1-6-9(5-14-8(3)12)4-11-7(2)10(6)13/h4,13H,5H2,1-3H3. The lowest BCUT2D eigenvalue weighted by Gasteiger charge is -2.07. The van der Waals surface area contributed by atoms with Crippen LogP contribution >= 0.6 is 11.8 Å². The summed E-state index contributed by atoms with van der Waals surface area (Å²) in [6.07, 6.45) is 1.71. The Hall–Kier alpha value is -1.03. The summed E-state index contributed by atoms with van der Waals surface area (Å²) in [5.41, 5.74) is 2.35. The Balaban J connectivity index is 2.88. The van der Waals surface area contributed by atoms with Gasteiger partial charge in [0.25, 0.3) is 0 Å². The largest absolute Gasteiger partial charge is 0.506 e. The van der Waals surface area contributed by atoms with E-state index in [2.05, 4.69) is 4.98 Å². The number of carbonyl (C=O) groups excluding carboxylic acids is 1. The lowest BCUT2D eigenvalue weighted by atomic mass is 10.1. The van der Waals surface area contributed by atoms with Crippen LogP contribution in [0.5, 0.6) is 5.75 Å². The maximum Gasteiger partial charge on any atom is 0.186 e. The Morgan fingerprint density at radius 1 is 1.57 bits per heavy atom. The van der Waals surface area contributed by atoms with E-state index in [1.165, 1.54) is 18.7 Å². The number of aromatic hydroxyl groups is 1. The molecule has 0 aliphatic heterocycles. The highest BCUT2D eigenvalue weighted by Crippen LogP contribution is 2.25. The molecule has 1 rings (SSSR count). The first-order chi connectivity index (χ1) is 6.52. The van der Waals surface area contributed by atoms with E-state index < -0.39 is 0 Å². The van der Waals surface area contributed by atoms with Gasteiger partial charge >= 0.3 is 0 Å². The minimum absolute atomic E-state index is 0.0736. The summed E-state index contributed by atoms with van der Waals surface area (Å²) in [7, 11) is 0. The van der Waals surface area contributed by atoms with E-state index in [0.717, 1.165) is 11.1 Å². The van der Waals surface area contributed by atoms with Gasteiger partial charge in [-0.25, -0.2) is 0 Å². The van der Waals surface area contributed by atoms with Crippen molar-refractivity contribution in [2.75, 3.05) is 0 Å². The van der Waals surface area contributed by atoms with Crippen LogP contribution in [0.4, 0.5) is 0 Å². The average Bonchev–Trinajstić information content (AvgIpc) is 2.13. The molecule has 1 heterocycles. The number of aromatic nitrogens is 1. The Morgan fingerprint density at radius 3 is 2.79 bits per heavy atom. The maximum absolute atomic E-state index is 10.8. The van der Waals surface area contributed by atoms with Gasteiger partial charge in [-0.3, -0.25) is 9.78 Å². The molecule has 0 radical (unpaired) electrons. The zero-order valence-electron chi connectivity index (χ0n) is 8.50. The molecule has 0 bridgehead atoms. The summed E-state index contributed by atoms with van der Waals surface area (Å²) >= 11 is 1.22. The van der Waals surface area contributed by atoms with Gasteiger partial charge in [0, 0.05) is 18.9 Å². The van der Waals surface area contributed by atoms with Crippen LogP contribution in [0.3, 0.4) is 0 Å². The van der Waals surface area contributed by atoms with Crippen molar-refractivity contribution >= 4 is 16.9 Å². The van der Waals surface area contributed by atoms with Crippen molar-refractivity contribution in [3.05, 3.63) is 23.0 Å². The molecular weight excluding hydrogens is 198 g/mol. The molecule has 14 heavy (non-hydrogen) atoms. The van der Waals surface area contributed by atoms with Gasteiger partial charge in [0.1, 0.15) is 5.75 Å². The number of carbonyl (C=O) groups is 1. The molecule has 4 heteroatoms. The van der Waals surface area contributed by atoms with Gasteiger partial charge in [-0.1, -0.05) is 11.8 Å². The van der Waals surface area contributed by atoms with Crippen molar-refractivity contribution in [3.63, 3.8) is 0 Å². The monoisotopic (exact) mass is 211 g/mol. The Morgan fingerprint density at radius 2 is 2.21 bits per heavy atom. The van der Waals surface area contributed by atoms with Gasteiger partial charge in [-0.05, 0) is 25.0 Å². The highest BCUT2D eigenvalue weighted by Gasteiger charge is 2.07. The minimum atomic E-state index is 0.0736. The second-order valence-corrected chi connectivity index (χ2v) is 4.27. The molecule has 0 unspecified atom stereocenters. The van der Waals surface area contributed by atoms with Crippen LogP contribution in [0.2, 0.25) is 0 Å². The van der Waals surface area contributed by atoms with Gasteiger partial charge < -0.3 is 5.11 Å². The first kappa shape index (κ1) is 11.0. The number of pyridine rings is 1. The summed E-state index contributed by atoms with van der Waals surface area (Å²) < 4.78 is 0. The van der Waals surface area contributed by atoms with Crippen LogP contribution in [0, 0.1) is 13.8 Å². The molecule has 0 amide bonds. The fourth-order valence-electron chi connectivity index (χ4n) is 1.08. The van der Waals surface area contributed by atoms with Crippen LogP contribution < -0.4 is 0 Å². The number of hydrogen-bond donors (Lipinski definition) is 1. The van der Waals surface area contributed by atoms with E-state index in [0.29, 0.717) is 11.4 Å². The molecule has 0 aliphatic carbocycles. The maximum atomic E-state index is 10.8. The molecule has 0 spiro atoms. The van der Waals surface area contributed by atoms with Crippen LogP contribution in [0.1, 0.15) is 23.7 Å². The van der Waals surface area contributed by atoms with Crippen molar-refractivity contribution in [3.8, 4) is 5.75 Å². The molecular formula is C10H13NO2S. The Kier molecular flexibility index (Phi) is 3.52. The number of thioether (sulfide) groups is 1. The van der Waals surface area contributed by atoms with E-state index in [4.69, 9.17) is 0 Å². The molecule has 0 aromatic carbocycles. The van der Waals surface area contributed by atoms with E-state index >= 15 is 0 Å². The van der Waals surface area contributed by atoms with Crippen LogP contribution in [-0.2, 0) is 10.5 Å². The van der Waals surface area contributed by atoms with Crippen LogP contribution in [0.25, 0.3) is 0 Å². The first-order valence-electron chi connectivity index (χ1n) is 4.29. The lowest BCUT2D eigenvalue weighted by molar-refractivity contribution is -0.109. The smallest absolute Gasteiger partial charge is 0.186 e. The predicted octanol–water partition coefficient (Wildman–Crippen LogP) is 2.18. The summed E-state index contributed by atoms with van der Waals surface area (Å²) in [5.74, 6) is 0.800. The van der Waals surface area contributed by atoms with Crippen LogP contribution in [0.15, 0.2) is 6.20 Å². The van der Waals surface area contributed by atoms with Gasteiger partial charge in [0.05, 0.1) is 5.69 Å². The normalized spacial score (nSPS) is 10.2. The molecule has 1 aromatic heterocycles. The van der Waals surface area contributed by atoms with E-state index in [-0.39, 0.29) is 10.9 Å². The second kappa shape index (κ2) is 4.46. The molecule has 0 atom stereocenters. The first-order valence-corrected chi connectivity index (χ1v) is 5.28. The molecule has 76 valence electrons. The number of nitrogens with zero attached hydrogens (tertiary/aromatic N) is 1. The van der Waals surface area contributed by atoms with Crippen molar-refractivity contribution < 1.29 is 9.90 Å². The van der Waals surface area contributed by atoms with Crippen molar-refractivity contribution in [1.29, 1.82) is 0 Å². The SMILES string of the molecule is CC(=O)SCc1cnc(C)c(O)c1C. The van der Waals surface area contributed by atoms with Crippen molar-refractivity contribution in [1.82, 2.24) is 4.98 Å². The zero-order chi connectivity index (χ0) is 10.7. The van der Waals surface area contributed by atoms with E-state index in [1.54, 1.807) is 13.1 Å². The molecule has 0 saturated carbocycles. The van der Waals surface area contributed by atoms with E-state index in [9.17, 15) is 9.90 Å². The topological polar surface area (TPSA) is 50.2 Å². The predicted molar refractivity (Wildman–Crippen MR) is 57.4 cm³/mol. The fraction of sp³-hybridized carbons (Fsp3) is 0.400. The average molecular weight is 211 g/mol. The number of aryl methyl sites for hydroxylation is 1. The molecule has 1 aromatic rings. The van der Waals surface area contributed by atoms with E-state index in [1.807, 2.05) is 6.92 Å². The Labute approximate surface area is 87.6 Å². The van der Waals surface area contributed by atoms with Crippen molar-refractivity contribution in [2.45, 2.75) is 26.5 Å². The summed E-state index contributed by atoms with van der Waals surface area (Å²) in [4.78, 5) is 14.8. The van der Waals surface area contributed by atoms with Gasteiger partial charge in [-0.15, -0.1) is 0 Å². The van der Waals surface area contributed by atoms with Gasteiger partial charge in [0.15, 0.2) is 5.12 Å². The van der Waals surface area contributed by atoms with Crippen molar-refractivity contribution in [2.24, 2.45) is 0 Å². The molecule has 3 nitrogen and oxygen atoms in total. The highest BCUT2D eigenvalue weighted by molar-refractivity contribution is 8.12. The van der Waals surface area contributed by atoms with Crippen LogP contribution in [-0.4, -0.2) is 15.2 Å². The molecule has 1 N–H and O–H groups in total. The lowest BCUT2D eigenvalue weighted by Crippen LogP contribution is -1.94.